The molecule has 0 saturated carbocycles. The van der Waals surface area contributed by atoms with E-state index < -0.39 is 10.8 Å². The van der Waals surface area contributed by atoms with Crippen LogP contribution in [0, 0.1) is 16.0 Å². The number of hydrogen-bond acceptors (Lipinski definition) is 5. The standard InChI is InChI=1S/C25H29ClN4O4/c1-17-9-13-29(14-10-17)25(32)20-16-19(6-8-22(20)28-11-3-2-4-12-28)27-24(31)18-5-7-21(26)23(15-18)30(33)34/h5-8,15-17H,2-4,9-14H2,1H3,(H,27,31). The number of carbonyl (C=O) groups excluding carboxylic acids is 2. The van der Waals surface area contributed by atoms with Crippen molar-refractivity contribution in [2.45, 2.75) is 39.0 Å². The number of nitrogens with zero attached hydrogens (tertiary/aromatic N) is 3. The molecule has 4 rings (SSSR count). The summed E-state index contributed by atoms with van der Waals surface area (Å²) >= 11 is 5.87. The van der Waals surface area contributed by atoms with E-state index in [0.29, 0.717) is 17.2 Å². The molecule has 9 heteroatoms. The Morgan fingerprint density at radius 1 is 1.03 bits per heavy atom. The number of halogens is 1. The number of nitro groups is 1. The number of nitro benzene ring substituents is 1. The fraction of sp³-hybridized carbons (Fsp3) is 0.440. The highest BCUT2D eigenvalue weighted by atomic mass is 35.5. The summed E-state index contributed by atoms with van der Waals surface area (Å²) in [7, 11) is 0. The van der Waals surface area contributed by atoms with Gasteiger partial charge in [-0.1, -0.05) is 18.5 Å². The summed E-state index contributed by atoms with van der Waals surface area (Å²) in [5, 5.41) is 13.9. The van der Waals surface area contributed by atoms with E-state index in [1.54, 1.807) is 12.1 Å². The third kappa shape index (κ3) is 5.33. The molecule has 0 radical (unpaired) electrons. The van der Waals surface area contributed by atoms with Crippen molar-refractivity contribution in [2.75, 3.05) is 36.4 Å². The van der Waals surface area contributed by atoms with E-state index in [4.69, 9.17) is 11.6 Å². The van der Waals surface area contributed by atoms with Gasteiger partial charge in [-0.15, -0.1) is 0 Å². The second kappa shape index (κ2) is 10.4. The van der Waals surface area contributed by atoms with Gasteiger partial charge in [-0.05, 0) is 68.4 Å². The van der Waals surface area contributed by atoms with Crippen molar-refractivity contribution in [1.82, 2.24) is 4.90 Å². The van der Waals surface area contributed by atoms with Gasteiger partial charge in [0.2, 0.25) is 0 Å². The van der Waals surface area contributed by atoms with Gasteiger partial charge in [0.15, 0.2) is 0 Å². The fourth-order valence-corrected chi connectivity index (χ4v) is 4.76. The van der Waals surface area contributed by atoms with Crippen LogP contribution in [0.25, 0.3) is 0 Å². The first-order valence-corrected chi connectivity index (χ1v) is 12.1. The molecule has 2 aromatic carbocycles. The van der Waals surface area contributed by atoms with E-state index >= 15 is 0 Å². The molecule has 2 aromatic rings. The molecule has 0 aromatic heterocycles. The Labute approximate surface area is 204 Å². The summed E-state index contributed by atoms with van der Waals surface area (Å²) in [4.78, 5) is 41.1. The molecule has 0 unspecified atom stereocenters. The van der Waals surface area contributed by atoms with E-state index in [1.807, 2.05) is 11.0 Å². The maximum Gasteiger partial charge on any atom is 0.288 e. The Balaban J connectivity index is 1.61. The number of carbonyl (C=O) groups is 2. The predicted octanol–water partition coefficient (Wildman–Crippen LogP) is 5.36. The lowest BCUT2D eigenvalue weighted by molar-refractivity contribution is -0.384. The van der Waals surface area contributed by atoms with Crippen LogP contribution in [-0.2, 0) is 0 Å². The van der Waals surface area contributed by atoms with Gasteiger partial charge in [0, 0.05) is 49.2 Å². The highest BCUT2D eigenvalue weighted by Gasteiger charge is 2.26. The lowest BCUT2D eigenvalue weighted by atomic mass is 9.98. The van der Waals surface area contributed by atoms with E-state index in [1.165, 1.54) is 18.6 Å². The second-order valence-corrected chi connectivity index (χ2v) is 9.54. The molecular formula is C25H29ClN4O4. The Morgan fingerprint density at radius 2 is 1.74 bits per heavy atom. The van der Waals surface area contributed by atoms with Crippen LogP contribution in [0.4, 0.5) is 17.1 Å². The zero-order valence-electron chi connectivity index (χ0n) is 19.3. The van der Waals surface area contributed by atoms with Crippen LogP contribution < -0.4 is 10.2 Å². The van der Waals surface area contributed by atoms with Crippen LogP contribution in [0.3, 0.4) is 0 Å². The third-order valence-corrected chi connectivity index (χ3v) is 6.98. The van der Waals surface area contributed by atoms with Crippen LogP contribution >= 0.6 is 11.6 Å². The number of hydrogen-bond donors (Lipinski definition) is 1. The Kier molecular flexibility index (Phi) is 7.36. The number of benzene rings is 2. The van der Waals surface area contributed by atoms with Crippen LogP contribution in [0.15, 0.2) is 36.4 Å². The van der Waals surface area contributed by atoms with Crippen molar-refractivity contribution in [3.8, 4) is 0 Å². The first kappa shape index (κ1) is 24.0. The van der Waals surface area contributed by atoms with Gasteiger partial charge in [-0.25, -0.2) is 0 Å². The molecule has 0 bridgehead atoms. The number of anilines is 2. The van der Waals surface area contributed by atoms with Crippen molar-refractivity contribution in [3.05, 3.63) is 62.7 Å². The Morgan fingerprint density at radius 3 is 2.41 bits per heavy atom. The van der Waals surface area contributed by atoms with Crippen molar-refractivity contribution >= 4 is 40.5 Å². The van der Waals surface area contributed by atoms with Crippen molar-refractivity contribution < 1.29 is 14.5 Å². The van der Waals surface area contributed by atoms with Gasteiger partial charge < -0.3 is 15.1 Å². The summed E-state index contributed by atoms with van der Waals surface area (Å²) in [5.74, 6) is 0.0843. The number of rotatable bonds is 5. The summed E-state index contributed by atoms with van der Waals surface area (Å²) < 4.78 is 0. The molecule has 180 valence electrons. The van der Waals surface area contributed by atoms with E-state index in [0.717, 1.165) is 63.6 Å². The van der Waals surface area contributed by atoms with Gasteiger partial charge in [0.25, 0.3) is 17.5 Å². The highest BCUT2D eigenvalue weighted by molar-refractivity contribution is 6.32. The zero-order chi connectivity index (χ0) is 24.2. The SMILES string of the molecule is CC1CCN(C(=O)c2cc(NC(=O)c3ccc(Cl)c([N+](=O)[O-])c3)ccc2N2CCCCC2)CC1. The summed E-state index contributed by atoms with van der Waals surface area (Å²) in [6.07, 6.45) is 5.32. The van der Waals surface area contributed by atoms with Crippen LogP contribution in [0.1, 0.15) is 59.7 Å². The molecule has 8 nitrogen and oxygen atoms in total. The number of piperidine rings is 2. The molecule has 0 atom stereocenters. The summed E-state index contributed by atoms with van der Waals surface area (Å²) in [5.41, 5.74) is 1.73. The fourth-order valence-electron chi connectivity index (χ4n) is 4.57. The van der Waals surface area contributed by atoms with Crippen molar-refractivity contribution in [1.29, 1.82) is 0 Å². The molecule has 2 fully saturated rings. The number of amides is 2. The van der Waals surface area contributed by atoms with Crippen molar-refractivity contribution in [3.63, 3.8) is 0 Å². The smallest absolute Gasteiger partial charge is 0.288 e. The Hall–Kier alpha value is -3.13. The minimum atomic E-state index is -0.622. The first-order valence-electron chi connectivity index (χ1n) is 11.8. The van der Waals surface area contributed by atoms with Gasteiger partial charge in [0.05, 0.1) is 10.5 Å². The maximum atomic E-state index is 13.5. The van der Waals surface area contributed by atoms with E-state index in [2.05, 4.69) is 17.1 Å². The normalized spacial score (nSPS) is 16.9. The van der Waals surface area contributed by atoms with E-state index in [-0.39, 0.29) is 22.2 Å². The van der Waals surface area contributed by atoms with E-state index in [9.17, 15) is 19.7 Å². The average molecular weight is 485 g/mol. The van der Waals surface area contributed by atoms with Crippen LogP contribution in [-0.4, -0.2) is 47.8 Å². The van der Waals surface area contributed by atoms with Crippen LogP contribution in [0.2, 0.25) is 5.02 Å². The van der Waals surface area contributed by atoms with Gasteiger partial charge in [0.1, 0.15) is 5.02 Å². The monoisotopic (exact) mass is 484 g/mol. The maximum absolute atomic E-state index is 13.5. The minimum absolute atomic E-state index is 0.0225. The molecule has 34 heavy (non-hydrogen) atoms. The summed E-state index contributed by atoms with van der Waals surface area (Å²) in [6, 6.07) is 9.33. The first-order chi connectivity index (χ1) is 16.3. The van der Waals surface area contributed by atoms with Crippen LogP contribution in [0.5, 0.6) is 0 Å². The second-order valence-electron chi connectivity index (χ2n) is 9.13. The lowest BCUT2D eigenvalue weighted by Gasteiger charge is -2.34. The van der Waals surface area contributed by atoms with Gasteiger partial charge >= 0.3 is 0 Å². The molecule has 0 aliphatic carbocycles. The zero-order valence-corrected chi connectivity index (χ0v) is 20.0. The Bertz CT molecular complexity index is 1090. The molecule has 2 amide bonds. The molecule has 2 saturated heterocycles. The largest absolute Gasteiger partial charge is 0.371 e. The highest BCUT2D eigenvalue weighted by Crippen LogP contribution is 2.30. The molecule has 0 spiro atoms. The quantitative estimate of drug-likeness (QED) is 0.455. The summed E-state index contributed by atoms with van der Waals surface area (Å²) in [6.45, 7) is 5.46. The average Bonchev–Trinajstić information content (AvgIpc) is 2.84. The van der Waals surface area contributed by atoms with Gasteiger partial charge in [-0.3, -0.25) is 19.7 Å². The van der Waals surface area contributed by atoms with Gasteiger partial charge in [-0.2, -0.15) is 0 Å². The van der Waals surface area contributed by atoms with Crippen molar-refractivity contribution in [2.24, 2.45) is 5.92 Å². The number of likely N-dealkylation sites (tertiary alicyclic amines) is 1. The minimum Gasteiger partial charge on any atom is -0.371 e. The molecule has 2 aliphatic heterocycles. The molecule has 1 N–H and O–H groups in total. The topological polar surface area (TPSA) is 95.8 Å². The molecule has 2 heterocycles. The molecular weight excluding hydrogens is 456 g/mol. The predicted molar refractivity (Wildman–Crippen MR) is 133 cm³/mol. The lowest BCUT2D eigenvalue weighted by Crippen LogP contribution is -2.39. The third-order valence-electron chi connectivity index (χ3n) is 6.66. The number of nitrogens with one attached hydrogen (secondary N) is 1. The molecule has 2 aliphatic rings.